The van der Waals surface area contributed by atoms with Gasteiger partial charge in [-0.2, -0.15) is 0 Å². The molecule has 2 aromatic rings. The molecule has 6 nitrogen and oxygen atoms in total. The van der Waals surface area contributed by atoms with E-state index < -0.39 is 11.9 Å². The zero-order valence-corrected chi connectivity index (χ0v) is 12.5. The average molecular weight is 304 g/mol. The number of methoxy groups -OCH3 is 2. The normalized spacial score (nSPS) is 10.1. The molecule has 1 heterocycles. The van der Waals surface area contributed by atoms with Crippen molar-refractivity contribution < 1.29 is 28.2 Å². The lowest BCUT2D eigenvalue weighted by atomic mass is 10.0. The van der Waals surface area contributed by atoms with E-state index in [1.165, 1.54) is 14.2 Å². The maximum absolute atomic E-state index is 12.1. The lowest BCUT2D eigenvalue weighted by Gasteiger charge is -2.05. The highest BCUT2D eigenvalue weighted by Crippen LogP contribution is 2.38. The molecule has 0 aliphatic carbocycles. The topological polar surface area (TPSA) is 75.0 Å². The second-order valence-corrected chi connectivity index (χ2v) is 4.25. The predicted molar refractivity (Wildman–Crippen MR) is 78.0 cm³/mol. The van der Waals surface area contributed by atoms with Gasteiger partial charge >= 0.3 is 17.9 Å². The number of carbonyl (C=O) groups excluding carboxylic acids is 2. The maximum atomic E-state index is 12.1. The molecule has 0 spiro atoms. The molecule has 0 fully saturated rings. The molecule has 0 N–H and O–H groups in total. The van der Waals surface area contributed by atoms with E-state index in [9.17, 15) is 9.59 Å². The van der Waals surface area contributed by atoms with Gasteiger partial charge in [-0.05, 0) is 12.5 Å². The molecule has 1 aromatic heterocycles. The Hall–Kier alpha value is -2.76. The Morgan fingerprint density at radius 2 is 1.77 bits per heavy atom. The first-order valence-corrected chi connectivity index (χ1v) is 6.65. The molecule has 0 unspecified atom stereocenters. The molecular weight excluding hydrogens is 288 g/mol. The van der Waals surface area contributed by atoms with Gasteiger partial charge < -0.3 is 18.6 Å². The Balaban J connectivity index is 2.71. The number of ether oxygens (including phenoxy) is 3. The van der Waals surface area contributed by atoms with Gasteiger partial charge in [0.15, 0.2) is 5.56 Å². The van der Waals surface area contributed by atoms with Gasteiger partial charge in [0.05, 0.1) is 26.4 Å². The third-order valence-corrected chi connectivity index (χ3v) is 2.97. The SMILES string of the molecule is CCOC(=O)c1oc(OC)c(C(=O)OC)c1-c1ccccc1. The summed E-state index contributed by atoms with van der Waals surface area (Å²) in [5.74, 6) is -1.51. The van der Waals surface area contributed by atoms with Crippen molar-refractivity contribution in [1.29, 1.82) is 0 Å². The van der Waals surface area contributed by atoms with Crippen LogP contribution in [-0.2, 0) is 9.47 Å². The van der Waals surface area contributed by atoms with Crippen molar-refractivity contribution >= 4 is 11.9 Å². The molecule has 1 aromatic carbocycles. The van der Waals surface area contributed by atoms with Crippen molar-refractivity contribution in [3.8, 4) is 17.1 Å². The summed E-state index contributed by atoms with van der Waals surface area (Å²) in [4.78, 5) is 24.2. The molecule has 0 amide bonds. The van der Waals surface area contributed by atoms with Crippen LogP contribution in [0, 0.1) is 0 Å². The number of hydrogen-bond acceptors (Lipinski definition) is 6. The molecule has 6 heteroatoms. The van der Waals surface area contributed by atoms with Crippen LogP contribution < -0.4 is 4.74 Å². The van der Waals surface area contributed by atoms with Crippen LogP contribution in [0.25, 0.3) is 11.1 Å². The quantitative estimate of drug-likeness (QED) is 0.791. The monoisotopic (exact) mass is 304 g/mol. The summed E-state index contributed by atoms with van der Waals surface area (Å²) in [6.45, 7) is 1.87. The van der Waals surface area contributed by atoms with Gasteiger partial charge in [-0.25, -0.2) is 9.59 Å². The van der Waals surface area contributed by atoms with Gasteiger partial charge in [-0.15, -0.1) is 0 Å². The Labute approximate surface area is 127 Å². The Morgan fingerprint density at radius 1 is 1.09 bits per heavy atom. The zero-order valence-electron chi connectivity index (χ0n) is 12.5. The standard InChI is InChI=1S/C16H16O6/c1-4-21-15(18)13-11(10-8-6-5-7-9-10)12(14(17)19-2)16(20-3)22-13/h5-9H,4H2,1-3H3. The van der Waals surface area contributed by atoms with Crippen LogP contribution in [0.15, 0.2) is 34.7 Å². The van der Waals surface area contributed by atoms with Gasteiger partial charge in [0.25, 0.3) is 0 Å². The van der Waals surface area contributed by atoms with Gasteiger partial charge in [0, 0.05) is 0 Å². The van der Waals surface area contributed by atoms with Crippen LogP contribution in [0.2, 0.25) is 0 Å². The van der Waals surface area contributed by atoms with Gasteiger partial charge in [-0.3, -0.25) is 0 Å². The number of carbonyl (C=O) groups is 2. The number of hydrogen-bond donors (Lipinski definition) is 0. The summed E-state index contributed by atoms with van der Waals surface area (Å²) < 4.78 is 20.2. The maximum Gasteiger partial charge on any atom is 0.375 e. The molecule has 0 atom stereocenters. The van der Waals surface area contributed by atoms with E-state index in [2.05, 4.69) is 0 Å². The van der Waals surface area contributed by atoms with Crippen LogP contribution in [0.3, 0.4) is 0 Å². The molecule has 0 saturated carbocycles. The second-order valence-electron chi connectivity index (χ2n) is 4.25. The van der Waals surface area contributed by atoms with E-state index >= 15 is 0 Å². The summed E-state index contributed by atoms with van der Waals surface area (Å²) in [5, 5.41) is 0. The van der Waals surface area contributed by atoms with Crippen molar-refractivity contribution in [3.05, 3.63) is 41.7 Å². The molecule has 0 aliphatic rings. The van der Waals surface area contributed by atoms with Crippen LogP contribution in [-0.4, -0.2) is 32.8 Å². The molecule has 0 saturated heterocycles. The van der Waals surface area contributed by atoms with E-state index in [1.54, 1.807) is 31.2 Å². The fourth-order valence-corrected chi connectivity index (χ4v) is 2.06. The largest absolute Gasteiger partial charge is 0.468 e. The number of furan rings is 1. The van der Waals surface area contributed by atoms with E-state index in [0.717, 1.165) is 0 Å². The minimum absolute atomic E-state index is 0.0549. The lowest BCUT2D eigenvalue weighted by molar-refractivity contribution is 0.0483. The molecule has 0 bridgehead atoms. The first-order valence-electron chi connectivity index (χ1n) is 6.65. The van der Waals surface area contributed by atoms with Crippen molar-refractivity contribution in [2.24, 2.45) is 0 Å². The van der Waals surface area contributed by atoms with Gasteiger partial charge in [-0.1, -0.05) is 30.3 Å². The first kappa shape index (κ1) is 15.6. The zero-order chi connectivity index (χ0) is 16.1. The van der Waals surface area contributed by atoms with E-state index in [1.807, 2.05) is 6.07 Å². The fourth-order valence-electron chi connectivity index (χ4n) is 2.06. The summed E-state index contributed by atoms with van der Waals surface area (Å²) in [6, 6.07) is 8.89. The average Bonchev–Trinajstić information content (AvgIpc) is 2.94. The number of esters is 2. The third kappa shape index (κ3) is 2.81. The van der Waals surface area contributed by atoms with Crippen molar-refractivity contribution in [3.63, 3.8) is 0 Å². The highest BCUT2D eigenvalue weighted by molar-refractivity contribution is 6.06. The second kappa shape index (κ2) is 6.80. The summed E-state index contributed by atoms with van der Waals surface area (Å²) in [7, 11) is 2.59. The van der Waals surface area contributed by atoms with Crippen molar-refractivity contribution in [1.82, 2.24) is 0 Å². The van der Waals surface area contributed by atoms with Crippen LogP contribution in [0.1, 0.15) is 27.8 Å². The molecular formula is C16H16O6. The first-order chi connectivity index (χ1) is 10.6. The minimum atomic E-state index is -0.671. The van der Waals surface area contributed by atoms with E-state index in [4.69, 9.17) is 18.6 Å². The lowest BCUT2D eigenvalue weighted by Crippen LogP contribution is -2.07. The van der Waals surface area contributed by atoms with E-state index in [0.29, 0.717) is 11.1 Å². The Kier molecular flexibility index (Phi) is 4.83. The Bertz CT molecular complexity index is 671. The highest BCUT2D eigenvalue weighted by atomic mass is 16.6. The summed E-state index contributed by atoms with van der Waals surface area (Å²) in [5.41, 5.74) is 0.972. The number of rotatable bonds is 5. The predicted octanol–water partition coefficient (Wildman–Crippen LogP) is 2.92. The van der Waals surface area contributed by atoms with Crippen LogP contribution in [0.5, 0.6) is 5.95 Å². The highest BCUT2D eigenvalue weighted by Gasteiger charge is 2.32. The smallest absolute Gasteiger partial charge is 0.375 e. The molecule has 0 aliphatic heterocycles. The molecule has 22 heavy (non-hydrogen) atoms. The third-order valence-electron chi connectivity index (χ3n) is 2.97. The van der Waals surface area contributed by atoms with Gasteiger partial charge in [0.2, 0.25) is 5.76 Å². The van der Waals surface area contributed by atoms with E-state index in [-0.39, 0.29) is 23.9 Å². The number of benzene rings is 1. The molecule has 2 rings (SSSR count). The molecule has 116 valence electrons. The summed E-state index contributed by atoms with van der Waals surface area (Å²) >= 11 is 0. The minimum Gasteiger partial charge on any atom is -0.468 e. The van der Waals surface area contributed by atoms with Crippen molar-refractivity contribution in [2.45, 2.75) is 6.92 Å². The molecule has 0 radical (unpaired) electrons. The van der Waals surface area contributed by atoms with Crippen molar-refractivity contribution in [2.75, 3.05) is 20.8 Å². The van der Waals surface area contributed by atoms with Crippen LogP contribution in [0.4, 0.5) is 0 Å². The fraction of sp³-hybridized carbons (Fsp3) is 0.250. The summed E-state index contributed by atoms with van der Waals surface area (Å²) in [6.07, 6.45) is 0. The van der Waals surface area contributed by atoms with Crippen LogP contribution >= 0.6 is 0 Å². The van der Waals surface area contributed by atoms with Gasteiger partial charge in [0.1, 0.15) is 0 Å². The Morgan fingerprint density at radius 3 is 2.32 bits per heavy atom.